The van der Waals surface area contributed by atoms with E-state index in [-0.39, 0.29) is 16.5 Å². The summed E-state index contributed by atoms with van der Waals surface area (Å²) in [4.78, 5) is 21.8. The molecule has 3 heterocycles. The standard InChI is InChI=1S/C20H17ClF3N3O/c21-17-10-13(20(22,23)24)3-4-15(17)19(28)27-8-5-12(6-9-27)16-11-26-18-14(16)2-1-7-25-18/h1-4,7,10-12H,5-6,8-9H2,(H,25,26). The average molecular weight is 408 g/mol. The number of halogens is 4. The van der Waals surface area contributed by atoms with Crippen molar-refractivity contribution in [1.29, 1.82) is 0 Å². The minimum atomic E-state index is -4.49. The zero-order chi connectivity index (χ0) is 19.9. The first-order valence-electron chi connectivity index (χ1n) is 8.92. The van der Waals surface area contributed by atoms with Crippen molar-refractivity contribution in [2.75, 3.05) is 13.1 Å². The molecule has 4 rings (SSSR count). The lowest BCUT2D eigenvalue weighted by atomic mass is 9.89. The van der Waals surface area contributed by atoms with Crippen molar-refractivity contribution >= 4 is 28.5 Å². The molecule has 0 radical (unpaired) electrons. The third kappa shape index (κ3) is 3.46. The molecule has 0 unspecified atom stereocenters. The van der Waals surface area contributed by atoms with Crippen LogP contribution in [-0.2, 0) is 6.18 Å². The van der Waals surface area contributed by atoms with Crippen molar-refractivity contribution in [3.05, 3.63) is 64.4 Å². The molecule has 0 aliphatic carbocycles. The number of likely N-dealkylation sites (tertiary alicyclic amines) is 1. The number of H-pyrrole nitrogens is 1. The van der Waals surface area contributed by atoms with Crippen LogP contribution >= 0.6 is 11.6 Å². The number of amides is 1. The van der Waals surface area contributed by atoms with Crippen molar-refractivity contribution in [2.45, 2.75) is 24.9 Å². The lowest BCUT2D eigenvalue weighted by Crippen LogP contribution is -2.38. The summed E-state index contributed by atoms with van der Waals surface area (Å²) in [6.07, 6.45) is 0.750. The normalized spacial score (nSPS) is 15.9. The number of rotatable bonds is 2. The summed E-state index contributed by atoms with van der Waals surface area (Å²) in [7, 11) is 0. The summed E-state index contributed by atoms with van der Waals surface area (Å²) in [6, 6.07) is 6.77. The van der Waals surface area contributed by atoms with Crippen molar-refractivity contribution in [1.82, 2.24) is 14.9 Å². The fraction of sp³-hybridized carbons (Fsp3) is 0.300. The Morgan fingerprint density at radius 2 is 1.96 bits per heavy atom. The largest absolute Gasteiger partial charge is 0.416 e. The molecule has 4 nitrogen and oxygen atoms in total. The summed E-state index contributed by atoms with van der Waals surface area (Å²) in [5.74, 6) is -0.0390. The summed E-state index contributed by atoms with van der Waals surface area (Å²) in [6.45, 7) is 1.04. The fourth-order valence-electron chi connectivity index (χ4n) is 3.74. The number of carbonyl (C=O) groups is 1. The van der Waals surface area contributed by atoms with Crippen molar-refractivity contribution in [3.63, 3.8) is 0 Å². The van der Waals surface area contributed by atoms with Gasteiger partial charge >= 0.3 is 6.18 Å². The molecule has 0 atom stereocenters. The van der Waals surface area contributed by atoms with E-state index in [1.54, 1.807) is 11.1 Å². The monoisotopic (exact) mass is 407 g/mol. The molecule has 8 heteroatoms. The summed E-state index contributed by atoms with van der Waals surface area (Å²) >= 11 is 5.97. The summed E-state index contributed by atoms with van der Waals surface area (Å²) in [5, 5.41) is 0.905. The molecule has 3 aromatic rings. The zero-order valence-electron chi connectivity index (χ0n) is 14.8. The Bertz CT molecular complexity index is 1020. The molecular weight excluding hydrogens is 391 g/mol. The number of piperidine rings is 1. The van der Waals surface area contributed by atoms with Gasteiger partial charge in [-0.2, -0.15) is 13.2 Å². The van der Waals surface area contributed by atoms with Gasteiger partial charge in [0.25, 0.3) is 5.91 Å². The second kappa shape index (κ2) is 7.13. The SMILES string of the molecule is O=C(c1ccc(C(F)(F)F)cc1Cl)N1CCC(c2c[nH]c3ncccc23)CC1. The van der Waals surface area contributed by atoms with Gasteiger partial charge in [0.15, 0.2) is 0 Å². The van der Waals surface area contributed by atoms with Gasteiger partial charge in [-0.05, 0) is 54.7 Å². The van der Waals surface area contributed by atoms with Crippen LogP contribution in [0, 0.1) is 0 Å². The maximum Gasteiger partial charge on any atom is 0.416 e. The van der Waals surface area contributed by atoms with Crippen LogP contribution < -0.4 is 0 Å². The topological polar surface area (TPSA) is 49.0 Å². The first kappa shape index (κ1) is 18.8. The second-order valence-electron chi connectivity index (χ2n) is 6.90. The molecule has 1 saturated heterocycles. The van der Waals surface area contributed by atoms with E-state index >= 15 is 0 Å². The van der Waals surface area contributed by atoms with Crippen LogP contribution in [0.3, 0.4) is 0 Å². The van der Waals surface area contributed by atoms with Gasteiger partial charge in [-0.3, -0.25) is 4.79 Å². The molecule has 1 N–H and O–H groups in total. The number of aromatic amines is 1. The van der Waals surface area contributed by atoms with Crippen LogP contribution in [-0.4, -0.2) is 33.9 Å². The fourth-order valence-corrected chi connectivity index (χ4v) is 4.01. The number of hydrogen-bond acceptors (Lipinski definition) is 2. The van der Waals surface area contributed by atoms with Crippen LogP contribution in [0.1, 0.15) is 40.2 Å². The van der Waals surface area contributed by atoms with Crippen LogP contribution in [0.25, 0.3) is 11.0 Å². The molecule has 1 amide bonds. The minimum Gasteiger partial charge on any atom is -0.346 e. The van der Waals surface area contributed by atoms with Gasteiger partial charge < -0.3 is 9.88 Å². The van der Waals surface area contributed by atoms with Crippen molar-refractivity contribution in [2.24, 2.45) is 0 Å². The van der Waals surface area contributed by atoms with Gasteiger partial charge in [0.2, 0.25) is 0 Å². The minimum absolute atomic E-state index is 0.101. The van der Waals surface area contributed by atoms with E-state index in [1.165, 1.54) is 5.56 Å². The highest BCUT2D eigenvalue weighted by Crippen LogP contribution is 2.35. The number of nitrogens with zero attached hydrogens (tertiary/aromatic N) is 2. The second-order valence-corrected chi connectivity index (χ2v) is 7.31. The lowest BCUT2D eigenvalue weighted by Gasteiger charge is -2.32. The first-order chi connectivity index (χ1) is 13.3. The molecule has 0 saturated carbocycles. The van der Waals surface area contributed by atoms with E-state index in [1.807, 2.05) is 18.3 Å². The number of pyridine rings is 1. The number of fused-ring (bicyclic) bond motifs is 1. The molecule has 1 aliphatic rings. The lowest BCUT2D eigenvalue weighted by molar-refractivity contribution is -0.137. The first-order valence-corrected chi connectivity index (χ1v) is 9.30. The number of alkyl halides is 3. The Kier molecular flexibility index (Phi) is 4.79. The highest BCUT2D eigenvalue weighted by molar-refractivity contribution is 6.33. The van der Waals surface area contributed by atoms with Gasteiger partial charge in [-0.25, -0.2) is 4.98 Å². The van der Waals surface area contributed by atoms with E-state index < -0.39 is 11.7 Å². The Morgan fingerprint density at radius 3 is 2.64 bits per heavy atom. The van der Waals surface area contributed by atoms with E-state index in [9.17, 15) is 18.0 Å². The van der Waals surface area contributed by atoms with Gasteiger partial charge in [0, 0.05) is 30.9 Å². The van der Waals surface area contributed by atoms with Gasteiger partial charge in [-0.15, -0.1) is 0 Å². The smallest absolute Gasteiger partial charge is 0.346 e. The molecule has 1 aliphatic heterocycles. The van der Waals surface area contributed by atoms with Crippen LogP contribution in [0.15, 0.2) is 42.7 Å². The Hall–Kier alpha value is -2.54. The number of carbonyl (C=O) groups excluding carboxylic acids is 1. The molecule has 0 spiro atoms. The molecule has 1 fully saturated rings. The van der Waals surface area contributed by atoms with E-state index in [4.69, 9.17) is 11.6 Å². The van der Waals surface area contributed by atoms with Crippen LogP contribution in [0.2, 0.25) is 5.02 Å². The summed E-state index contributed by atoms with van der Waals surface area (Å²) < 4.78 is 38.3. The predicted octanol–water partition coefficient (Wildman–Crippen LogP) is 5.25. The molecule has 28 heavy (non-hydrogen) atoms. The van der Waals surface area contributed by atoms with E-state index in [2.05, 4.69) is 9.97 Å². The molecule has 0 bridgehead atoms. The maximum absolute atomic E-state index is 12.8. The van der Waals surface area contributed by atoms with Gasteiger partial charge in [-0.1, -0.05) is 11.6 Å². The van der Waals surface area contributed by atoms with Gasteiger partial charge in [0.05, 0.1) is 16.1 Å². The Labute approximate surface area is 164 Å². The third-order valence-corrected chi connectivity index (χ3v) is 5.54. The number of hydrogen-bond donors (Lipinski definition) is 1. The number of nitrogens with one attached hydrogen (secondary N) is 1. The highest BCUT2D eigenvalue weighted by atomic mass is 35.5. The van der Waals surface area contributed by atoms with E-state index in [0.717, 1.165) is 42.1 Å². The summed E-state index contributed by atoms with van der Waals surface area (Å²) in [5.41, 5.74) is 1.26. The number of benzene rings is 1. The Balaban J connectivity index is 1.47. The number of aromatic nitrogens is 2. The van der Waals surface area contributed by atoms with Crippen LogP contribution in [0.5, 0.6) is 0 Å². The highest BCUT2D eigenvalue weighted by Gasteiger charge is 2.32. The van der Waals surface area contributed by atoms with E-state index in [0.29, 0.717) is 19.0 Å². The molecule has 2 aromatic heterocycles. The average Bonchev–Trinajstić information content (AvgIpc) is 3.11. The quantitative estimate of drug-likeness (QED) is 0.630. The van der Waals surface area contributed by atoms with Crippen molar-refractivity contribution in [3.8, 4) is 0 Å². The molecule has 146 valence electrons. The third-order valence-electron chi connectivity index (χ3n) is 5.23. The Morgan fingerprint density at radius 1 is 1.21 bits per heavy atom. The predicted molar refractivity (Wildman–Crippen MR) is 100 cm³/mol. The van der Waals surface area contributed by atoms with Gasteiger partial charge in [0.1, 0.15) is 5.65 Å². The van der Waals surface area contributed by atoms with Crippen LogP contribution in [0.4, 0.5) is 13.2 Å². The molecule has 1 aromatic carbocycles. The van der Waals surface area contributed by atoms with Crippen molar-refractivity contribution < 1.29 is 18.0 Å². The maximum atomic E-state index is 12.8. The molecular formula is C20H17ClF3N3O. The zero-order valence-corrected chi connectivity index (χ0v) is 15.5.